The number of anilines is 1. The maximum atomic E-state index is 12.9. The first-order valence-electron chi connectivity index (χ1n) is 6.39. The van der Waals surface area contributed by atoms with Crippen LogP contribution in [0.2, 0.25) is 5.02 Å². The summed E-state index contributed by atoms with van der Waals surface area (Å²) in [5, 5.41) is 0.995. The summed E-state index contributed by atoms with van der Waals surface area (Å²) in [5.74, 6) is 0.0935. The third-order valence-electron chi connectivity index (χ3n) is 3.16. The molecule has 0 aliphatic carbocycles. The van der Waals surface area contributed by atoms with Crippen molar-refractivity contribution in [1.29, 1.82) is 0 Å². The molecule has 24 heavy (non-hydrogen) atoms. The van der Waals surface area contributed by atoms with Gasteiger partial charge in [-0.15, -0.1) is 18.7 Å². The summed E-state index contributed by atoms with van der Waals surface area (Å²) in [5.41, 5.74) is 2.39. The molecule has 1 heterocycles. The number of rotatable bonds is 3. The van der Waals surface area contributed by atoms with Gasteiger partial charge in [0, 0.05) is 24.8 Å². The highest BCUT2D eigenvalue weighted by atomic mass is 35.7. The Morgan fingerprint density at radius 1 is 1.25 bits per heavy atom. The van der Waals surface area contributed by atoms with E-state index in [2.05, 4.69) is 5.53 Å². The van der Waals surface area contributed by atoms with E-state index in [9.17, 15) is 21.6 Å². The van der Waals surface area contributed by atoms with Crippen LogP contribution in [0.15, 0.2) is 29.0 Å². The van der Waals surface area contributed by atoms with Crippen molar-refractivity contribution in [2.75, 3.05) is 19.1 Å². The van der Waals surface area contributed by atoms with Crippen molar-refractivity contribution in [1.82, 2.24) is 15.4 Å². The fourth-order valence-corrected chi connectivity index (χ4v) is 3.56. The lowest BCUT2D eigenvalue weighted by atomic mass is 10.2. The number of hydrogen-bond donors (Lipinski definition) is 1. The Bertz CT molecular complexity index is 796. The molecular formula is C12H13Cl2F3N4O2S. The van der Waals surface area contributed by atoms with Crippen molar-refractivity contribution in [3.8, 4) is 0 Å². The summed E-state index contributed by atoms with van der Waals surface area (Å²) in [4.78, 5) is 1.16. The van der Waals surface area contributed by atoms with Crippen LogP contribution in [-0.4, -0.2) is 38.7 Å². The Hall–Kier alpha value is -1.36. The minimum atomic E-state index is -4.69. The molecule has 0 fully saturated rings. The van der Waals surface area contributed by atoms with Crippen LogP contribution in [-0.2, 0) is 9.05 Å². The molecule has 0 saturated heterocycles. The molecule has 1 aromatic carbocycles. The highest BCUT2D eigenvalue weighted by Gasteiger charge is 2.42. The molecule has 6 nitrogen and oxygen atoms in total. The summed E-state index contributed by atoms with van der Waals surface area (Å²) >= 11 is 6.10. The van der Waals surface area contributed by atoms with Gasteiger partial charge < -0.3 is 4.90 Å². The Balaban J connectivity index is 2.57. The third kappa shape index (κ3) is 3.66. The Morgan fingerprint density at radius 3 is 2.29 bits per heavy atom. The summed E-state index contributed by atoms with van der Waals surface area (Å²) < 4.78 is 62.1. The molecule has 2 rings (SSSR count). The maximum absolute atomic E-state index is 12.9. The molecule has 0 atom stereocenters. The van der Waals surface area contributed by atoms with E-state index in [0.29, 0.717) is 0 Å². The van der Waals surface area contributed by atoms with Gasteiger partial charge in [-0.1, -0.05) is 11.6 Å². The van der Waals surface area contributed by atoms with Crippen molar-refractivity contribution >= 4 is 37.0 Å². The molecule has 12 heteroatoms. The average Bonchev–Trinajstić information content (AvgIpc) is 2.81. The molecule has 1 aliphatic heterocycles. The Kier molecular flexibility index (Phi) is 4.88. The van der Waals surface area contributed by atoms with Crippen LogP contribution in [0.5, 0.6) is 0 Å². The summed E-state index contributed by atoms with van der Waals surface area (Å²) in [6, 6.07) is 2.43. The summed E-state index contributed by atoms with van der Waals surface area (Å²) in [6.07, 6.45) is -3.88. The monoisotopic (exact) mass is 404 g/mol. The highest BCUT2D eigenvalue weighted by molar-refractivity contribution is 8.13. The van der Waals surface area contributed by atoms with Crippen LogP contribution in [0.4, 0.5) is 18.9 Å². The van der Waals surface area contributed by atoms with Crippen LogP contribution >= 0.6 is 22.3 Å². The van der Waals surface area contributed by atoms with Gasteiger partial charge in [-0.2, -0.15) is 0 Å². The second kappa shape index (κ2) is 6.17. The summed E-state index contributed by atoms with van der Waals surface area (Å²) in [7, 11) is 4.34. The van der Waals surface area contributed by atoms with E-state index in [1.807, 2.05) is 0 Å². The first-order chi connectivity index (χ1) is 10.8. The third-order valence-corrected chi connectivity index (χ3v) is 4.93. The molecule has 0 saturated carbocycles. The molecule has 1 aliphatic rings. The van der Waals surface area contributed by atoms with Gasteiger partial charge >= 0.3 is 6.30 Å². The smallest absolute Gasteiger partial charge is 0.362 e. The number of nitrogens with one attached hydrogen (secondary N) is 1. The number of benzene rings is 1. The van der Waals surface area contributed by atoms with Crippen molar-refractivity contribution in [2.24, 2.45) is 0 Å². The van der Waals surface area contributed by atoms with Gasteiger partial charge in [0.1, 0.15) is 5.82 Å². The number of halogens is 5. The van der Waals surface area contributed by atoms with Crippen LogP contribution < -0.4 is 10.5 Å². The van der Waals surface area contributed by atoms with Crippen LogP contribution in [0.1, 0.15) is 5.56 Å². The Morgan fingerprint density at radius 2 is 1.83 bits per heavy atom. The number of aryl methyl sites for hydroxylation is 1. The topological polar surface area (TPSA) is 55.9 Å². The maximum Gasteiger partial charge on any atom is 0.500 e. The van der Waals surface area contributed by atoms with E-state index in [1.165, 1.54) is 32.0 Å². The normalized spacial score (nSPS) is 15.8. The minimum absolute atomic E-state index is 0.00758. The zero-order valence-electron chi connectivity index (χ0n) is 12.7. The van der Waals surface area contributed by atoms with E-state index in [-0.39, 0.29) is 32.0 Å². The van der Waals surface area contributed by atoms with E-state index < -0.39 is 15.4 Å². The van der Waals surface area contributed by atoms with E-state index >= 15 is 0 Å². The lowest BCUT2D eigenvalue weighted by molar-refractivity contribution is -0.241. The highest BCUT2D eigenvalue weighted by Crippen LogP contribution is 2.36. The fourth-order valence-electron chi connectivity index (χ4n) is 2.06. The molecule has 134 valence electrons. The quantitative estimate of drug-likeness (QED) is 0.617. The second-order valence-corrected chi connectivity index (χ2v) is 8.10. The van der Waals surface area contributed by atoms with Gasteiger partial charge in [-0.25, -0.2) is 18.4 Å². The van der Waals surface area contributed by atoms with Crippen LogP contribution in [0.3, 0.4) is 0 Å². The first kappa shape index (κ1) is 19.0. The molecule has 0 bridgehead atoms. The summed E-state index contributed by atoms with van der Waals surface area (Å²) in [6.45, 7) is 1.48. The second-order valence-electron chi connectivity index (χ2n) is 5.16. The van der Waals surface area contributed by atoms with Crippen molar-refractivity contribution in [3.63, 3.8) is 0 Å². The van der Waals surface area contributed by atoms with E-state index in [4.69, 9.17) is 22.3 Å². The molecule has 1 aromatic rings. The van der Waals surface area contributed by atoms with Gasteiger partial charge in [0.15, 0.2) is 0 Å². The molecule has 0 unspecified atom stereocenters. The standard InChI is InChI=1S/C12H13Cl2F3N4O2S/c1-7-4-8(13)9(5-10(7)24(14,22)23)21-11(19(2)3)6-20(18-21)12(15,16)17/h4-6,18H,1-3H3. The first-order valence-corrected chi connectivity index (χ1v) is 9.07. The predicted molar refractivity (Wildman–Crippen MR) is 84.5 cm³/mol. The predicted octanol–water partition coefficient (Wildman–Crippen LogP) is 3.00. The average molecular weight is 405 g/mol. The van der Waals surface area contributed by atoms with E-state index in [1.54, 1.807) is 0 Å². The lowest BCUT2D eigenvalue weighted by Crippen LogP contribution is -2.48. The van der Waals surface area contributed by atoms with E-state index in [0.717, 1.165) is 17.3 Å². The van der Waals surface area contributed by atoms with Gasteiger partial charge in [0.25, 0.3) is 9.05 Å². The number of hydrazine groups is 2. The van der Waals surface area contributed by atoms with Gasteiger partial charge in [0.05, 0.1) is 21.8 Å². The lowest BCUT2D eigenvalue weighted by Gasteiger charge is -2.29. The minimum Gasteiger partial charge on any atom is -0.362 e. The van der Waals surface area contributed by atoms with Crippen molar-refractivity contribution in [3.05, 3.63) is 34.7 Å². The van der Waals surface area contributed by atoms with Crippen LogP contribution in [0.25, 0.3) is 0 Å². The zero-order chi connectivity index (χ0) is 18.4. The Labute approximate surface area is 146 Å². The number of hydrogen-bond acceptors (Lipinski definition) is 6. The number of alkyl halides is 3. The molecule has 0 spiro atoms. The molecule has 0 aromatic heterocycles. The zero-order valence-corrected chi connectivity index (χ0v) is 15.0. The van der Waals surface area contributed by atoms with Crippen molar-refractivity contribution in [2.45, 2.75) is 18.1 Å². The number of nitrogens with zero attached hydrogens (tertiary/aromatic N) is 3. The van der Waals surface area contributed by atoms with Crippen molar-refractivity contribution < 1.29 is 21.6 Å². The molecular weight excluding hydrogens is 392 g/mol. The van der Waals surface area contributed by atoms with Gasteiger partial charge in [-0.05, 0) is 24.6 Å². The molecule has 0 radical (unpaired) electrons. The largest absolute Gasteiger partial charge is 0.500 e. The van der Waals surface area contributed by atoms with Gasteiger partial charge in [0.2, 0.25) is 0 Å². The molecule has 0 amide bonds. The SMILES string of the molecule is Cc1cc(Cl)c(N2NN(C(F)(F)F)C=C2N(C)C)cc1S(=O)(=O)Cl. The van der Waals surface area contributed by atoms with Crippen LogP contribution in [0, 0.1) is 6.92 Å². The molecule has 1 N–H and O–H groups in total. The fraction of sp³-hybridized carbons (Fsp3) is 0.333. The van der Waals surface area contributed by atoms with Gasteiger partial charge in [-0.3, -0.25) is 0 Å².